The van der Waals surface area contributed by atoms with Gasteiger partial charge in [-0.05, 0) is 36.8 Å². The van der Waals surface area contributed by atoms with E-state index < -0.39 is 0 Å². The normalized spacial score (nSPS) is 11.1. The minimum Gasteiger partial charge on any atom is -0.396 e. The van der Waals surface area contributed by atoms with E-state index in [-0.39, 0.29) is 11.9 Å². The SMILES string of the molecule is Cc1cc2c(NCCSCCCO)nc(Cl)nc2s1. The summed E-state index contributed by atoms with van der Waals surface area (Å²) in [5.74, 6) is 2.77. The molecule has 2 aromatic heterocycles. The van der Waals surface area contributed by atoms with Crippen LogP contribution in [0.5, 0.6) is 0 Å². The molecular weight excluding hydrogens is 302 g/mol. The van der Waals surface area contributed by atoms with Gasteiger partial charge in [0.1, 0.15) is 10.6 Å². The second-order valence-electron chi connectivity index (χ2n) is 4.03. The number of rotatable bonds is 7. The second-order valence-corrected chi connectivity index (χ2v) is 6.83. The minimum atomic E-state index is 0.261. The van der Waals surface area contributed by atoms with Gasteiger partial charge in [0.2, 0.25) is 5.28 Å². The van der Waals surface area contributed by atoms with Gasteiger partial charge in [-0.1, -0.05) is 0 Å². The summed E-state index contributed by atoms with van der Waals surface area (Å²) in [5, 5.41) is 13.3. The number of aromatic nitrogens is 2. The van der Waals surface area contributed by atoms with Crippen molar-refractivity contribution in [1.82, 2.24) is 9.97 Å². The maximum Gasteiger partial charge on any atom is 0.225 e. The number of halogens is 1. The fourth-order valence-electron chi connectivity index (χ4n) is 1.66. The van der Waals surface area contributed by atoms with Crippen molar-refractivity contribution in [2.24, 2.45) is 0 Å². The molecule has 4 nitrogen and oxygen atoms in total. The van der Waals surface area contributed by atoms with Crippen molar-refractivity contribution in [3.8, 4) is 0 Å². The molecule has 2 rings (SSSR count). The number of aliphatic hydroxyl groups is 1. The summed E-state index contributed by atoms with van der Waals surface area (Å²) in [6, 6.07) is 2.08. The molecule has 0 aliphatic heterocycles. The molecule has 2 aromatic rings. The number of fused-ring (bicyclic) bond motifs is 1. The summed E-state index contributed by atoms with van der Waals surface area (Å²) in [4.78, 5) is 10.6. The number of nitrogens with one attached hydrogen (secondary N) is 1. The smallest absolute Gasteiger partial charge is 0.225 e. The maximum absolute atomic E-state index is 8.69. The third-order valence-electron chi connectivity index (χ3n) is 2.47. The Morgan fingerprint density at radius 3 is 3.05 bits per heavy atom. The molecule has 0 aliphatic carbocycles. The lowest BCUT2D eigenvalue weighted by molar-refractivity contribution is 0.296. The van der Waals surface area contributed by atoms with E-state index in [2.05, 4.69) is 28.3 Å². The van der Waals surface area contributed by atoms with Gasteiger partial charge in [0.05, 0.1) is 5.39 Å². The van der Waals surface area contributed by atoms with Crippen molar-refractivity contribution >= 4 is 50.7 Å². The van der Waals surface area contributed by atoms with Crippen LogP contribution in [0, 0.1) is 6.92 Å². The summed E-state index contributed by atoms with van der Waals surface area (Å²) in [6.45, 7) is 3.14. The number of aryl methyl sites for hydroxylation is 1. The number of thiophene rings is 1. The molecule has 0 amide bonds. The Morgan fingerprint density at radius 2 is 2.26 bits per heavy atom. The molecule has 104 valence electrons. The highest BCUT2D eigenvalue weighted by atomic mass is 35.5. The summed E-state index contributed by atoms with van der Waals surface area (Å²) < 4.78 is 0. The average molecular weight is 318 g/mol. The highest BCUT2D eigenvalue weighted by Crippen LogP contribution is 2.29. The van der Waals surface area contributed by atoms with Crippen LogP contribution < -0.4 is 5.32 Å². The van der Waals surface area contributed by atoms with Gasteiger partial charge in [-0.25, -0.2) is 9.97 Å². The Kier molecular flexibility index (Phi) is 5.69. The van der Waals surface area contributed by atoms with Gasteiger partial charge in [0.15, 0.2) is 0 Å². The zero-order valence-electron chi connectivity index (χ0n) is 10.6. The maximum atomic E-state index is 8.69. The summed E-state index contributed by atoms with van der Waals surface area (Å²) in [5.41, 5.74) is 0. The molecule has 0 aromatic carbocycles. The zero-order valence-corrected chi connectivity index (χ0v) is 13.0. The van der Waals surface area contributed by atoms with Crippen LogP contribution >= 0.6 is 34.7 Å². The molecule has 2 N–H and O–H groups in total. The number of hydrogen-bond donors (Lipinski definition) is 2. The molecule has 0 atom stereocenters. The molecule has 0 saturated carbocycles. The largest absolute Gasteiger partial charge is 0.396 e. The molecule has 0 saturated heterocycles. The quantitative estimate of drug-likeness (QED) is 0.607. The third kappa shape index (κ3) is 4.21. The first-order valence-corrected chi connectivity index (χ1v) is 8.42. The van der Waals surface area contributed by atoms with E-state index in [9.17, 15) is 0 Å². The third-order valence-corrected chi connectivity index (χ3v) is 4.66. The lowest BCUT2D eigenvalue weighted by Crippen LogP contribution is -2.07. The molecule has 2 heterocycles. The van der Waals surface area contributed by atoms with E-state index >= 15 is 0 Å². The van der Waals surface area contributed by atoms with Crippen LogP contribution in [0.2, 0.25) is 5.28 Å². The lowest BCUT2D eigenvalue weighted by atomic mass is 10.3. The summed E-state index contributed by atoms with van der Waals surface area (Å²) in [7, 11) is 0. The highest BCUT2D eigenvalue weighted by molar-refractivity contribution is 7.99. The van der Waals surface area contributed by atoms with Crippen LogP contribution in [0.3, 0.4) is 0 Å². The fraction of sp³-hybridized carbons (Fsp3) is 0.500. The first-order chi connectivity index (χ1) is 9.20. The summed E-state index contributed by atoms with van der Waals surface area (Å²) >= 11 is 9.36. The Morgan fingerprint density at radius 1 is 1.42 bits per heavy atom. The van der Waals surface area contributed by atoms with Crippen LogP contribution in [-0.2, 0) is 0 Å². The van der Waals surface area contributed by atoms with E-state index in [1.807, 2.05) is 11.8 Å². The standard InChI is InChI=1S/C12H16ClN3OS2/c1-8-7-9-10(14-3-6-18-5-2-4-17)15-12(13)16-11(9)19-8/h7,17H,2-6H2,1H3,(H,14,15,16). The van der Waals surface area contributed by atoms with Crippen molar-refractivity contribution in [2.45, 2.75) is 13.3 Å². The molecule has 0 radical (unpaired) electrons. The van der Waals surface area contributed by atoms with Crippen LogP contribution in [0.15, 0.2) is 6.07 Å². The van der Waals surface area contributed by atoms with Gasteiger partial charge in [-0.2, -0.15) is 11.8 Å². The fourth-order valence-corrected chi connectivity index (χ4v) is 3.54. The van der Waals surface area contributed by atoms with Gasteiger partial charge in [0.25, 0.3) is 0 Å². The molecule has 19 heavy (non-hydrogen) atoms. The Labute approximate surface area is 125 Å². The van der Waals surface area contributed by atoms with Crippen molar-refractivity contribution in [2.75, 3.05) is 30.0 Å². The average Bonchev–Trinajstić information content (AvgIpc) is 2.73. The van der Waals surface area contributed by atoms with Gasteiger partial charge in [-0.15, -0.1) is 11.3 Å². The second kappa shape index (κ2) is 7.28. The number of hydrogen-bond acceptors (Lipinski definition) is 6. The highest BCUT2D eigenvalue weighted by Gasteiger charge is 2.09. The Balaban J connectivity index is 1.96. The van der Waals surface area contributed by atoms with E-state index in [0.717, 1.165) is 40.5 Å². The van der Waals surface area contributed by atoms with Crippen molar-refractivity contribution in [1.29, 1.82) is 0 Å². The molecule has 0 fully saturated rings. The van der Waals surface area contributed by atoms with Crippen LogP contribution in [0.1, 0.15) is 11.3 Å². The van der Waals surface area contributed by atoms with E-state index in [4.69, 9.17) is 16.7 Å². The van der Waals surface area contributed by atoms with Crippen molar-refractivity contribution in [3.63, 3.8) is 0 Å². The van der Waals surface area contributed by atoms with Crippen molar-refractivity contribution < 1.29 is 5.11 Å². The van der Waals surface area contributed by atoms with Gasteiger partial charge in [-0.3, -0.25) is 0 Å². The molecule has 0 spiro atoms. The Bertz CT molecular complexity index is 547. The molecule has 7 heteroatoms. The number of anilines is 1. The van der Waals surface area contributed by atoms with Gasteiger partial charge >= 0.3 is 0 Å². The number of nitrogens with zero attached hydrogens (tertiary/aromatic N) is 2. The molecular formula is C12H16ClN3OS2. The monoisotopic (exact) mass is 317 g/mol. The lowest BCUT2D eigenvalue weighted by Gasteiger charge is -2.06. The van der Waals surface area contributed by atoms with Crippen molar-refractivity contribution in [3.05, 3.63) is 16.2 Å². The molecule has 0 unspecified atom stereocenters. The van der Waals surface area contributed by atoms with E-state index in [1.54, 1.807) is 11.3 Å². The summed E-state index contributed by atoms with van der Waals surface area (Å²) in [6.07, 6.45) is 0.845. The molecule has 0 aliphatic rings. The Hall–Kier alpha value is -0.560. The first kappa shape index (κ1) is 14.8. The zero-order chi connectivity index (χ0) is 13.7. The van der Waals surface area contributed by atoms with E-state index in [0.29, 0.717) is 0 Å². The number of thioether (sulfide) groups is 1. The van der Waals surface area contributed by atoms with Gasteiger partial charge < -0.3 is 10.4 Å². The van der Waals surface area contributed by atoms with Gasteiger partial charge in [0, 0.05) is 23.8 Å². The topological polar surface area (TPSA) is 58.0 Å². The predicted octanol–water partition coefficient (Wildman–Crippen LogP) is 3.18. The predicted molar refractivity (Wildman–Crippen MR) is 84.7 cm³/mol. The van der Waals surface area contributed by atoms with Crippen LogP contribution in [0.25, 0.3) is 10.2 Å². The van der Waals surface area contributed by atoms with Crippen LogP contribution in [-0.4, -0.2) is 39.7 Å². The van der Waals surface area contributed by atoms with E-state index in [1.165, 1.54) is 4.88 Å². The first-order valence-electron chi connectivity index (χ1n) is 6.07. The number of aliphatic hydroxyl groups excluding tert-OH is 1. The minimum absolute atomic E-state index is 0.261. The molecule has 0 bridgehead atoms. The van der Waals surface area contributed by atoms with Crippen LogP contribution in [0.4, 0.5) is 5.82 Å².